The molecular formula is C19H23FN4O3. The fraction of sp³-hybridized carbons (Fsp3) is 0.474. The average Bonchev–Trinajstić information content (AvgIpc) is 2.98. The summed E-state index contributed by atoms with van der Waals surface area (Å²) < 4.78 is 20.4. The fourth-order valence-electron chi connectivity index (χ4n) is 3.41. The number of ether oxygens (including phenoxy) is 1. The Hall–Kier alpha value is -2.77. The van der Waals surface area contributed by atoms with Crippen molar-refractivity contribution in [3.8, 4) is 5.75 Å². The number of carbonyl (C=O) groups excluding carboxylic acids is 2. The molecule has 1 fully saturated rings. The summed E-state index contributed by atoms with van der Waals surface area (Å²) in [6.07, 6.45) is 1.41. The zero-order valence-electron chi connectivity index (χ0n) is 15.7. The molecule has 1 aliphatic heterocycles. The van der Waals surface area contributed by atoms with Crippen molar-refractivity contribution in [2.75, 3.05) is 20.2 Å². The number of amides is 1. The maximum absolute atomic E-state index is 13.9. The molecule has 7 nitrogen and oxygen atoms in total. The van der Waals surface area contributed by atoms with Crippen LogP contribution in [-0.2, 0) is 11.3 Å². The van der Waals surface area contributed by atoms with E-state index < -0.39 is 5.82 Å². The standard InChI is InChI=1S/C19H23FN4O3/c1-12-21-13(2)24(22-12)11-18(25)23-8-4-5-15(10-23)19(26)14-6-7-17(27-3)16(20)9-14/h6-7,9,15H,4-5,8,10-11H2,1-3H3/t15-/m0/s1. The van der Waals surface area contributed by atoms with E-state index in [1.54, 1.807) is 29.5 Å². The van der Waals surface area contributed by atoms with Gasteiger partial charge >= 0.3 is 0 Å². The molecule has 2 heterocycles. The van der Waals surface area contributed by atoms with E-state index in [1.807, 2.05) is 0 Å². The Morgan fingerprint density at radius 2 is 2.11 bits per heavy atom. The van der Waals surface area contributed by atoms with Crippen molar-refractivity contribution < 1.29 is 18.7 Å². The molecule has 0 N–H and O–H groups in total. The number of likely N-dealkylation sites (tertiary alicyclic amines) is 1. The van der Waals surface area contributed by atoms with Gasteiger partial charge in [-0.1, -0.05) is 0 Å². The lowest BCUT2D eigenvalue weighted by molar-refractivity contribution is -0.133. The second kappa shape index (κ2) is 7.85. The van der Waals surface area contributed by atoms with Crippen molar-refractivity contribution in [2.45, 2.75) is 33.2 Å². The highest BCUT2D eigenvalue weighted by molar-refractivity contribution is 5.98. The van der Waals surface area contributed by atoms with Gasteiger partial charge in [-0.05, 0) is 44.9 Å². The SMILES string of the molecule is COc1ccc(C(=O)[C@H]2CCCN(C(=O)Cn3nc(C)nc3C)C2)cc1F. The number of nitrogens with zero attached hydrogens (tertiary/aromatic N) is 4. The number of hydrogen-bond donors (Lipinski definition) is 0. The summed E-state index contributed by atoms with van der Waals surface area (Å²) in [5.74, 6) is 0.250. The summed E-state index contributed by atoms with van der Waals surface area (Å²) in [4.78, 5) is 31.3. The highest BCUT2D eigenvalue weighted by atomic mass is 19.1. The number of benzene rings is 1. The maximum atomic E-state index is 13.9. The molecule has 0 radical (unpaired) electrons. The molecule has 1 aliphatic rings. The highest BCUT2D eigenvalue weighted by Gasteiger charge is 2.29. The first kappa shape index (κ1) is 19.0. The summed E-state index contributed by atoms with van der Waals surface area (Å²) in [5, 5.41) is 4.21. The van der Waals surface area contributed by atoms with E-state index in [2.05, 4.69) is 10.1 Å². The van der Waals surface area contributed by atoms with E-state index in [9.17, 15) is 14.0 Å². The number of halogens is 1. The second-order valence-electron chi connectivity index (χ2n) is 6.76. The smallest absolute Gasteiger partial charge is 0.244 e. The predicted molar refractivity (Wildman–Crippen MR) is 96.1 cm³/mol. The number of piperidine rings is 1. The molecule has 1 atom stereocenters. The van der Waals surface area contributed by atoms with E-state index in [4.69, 9.17) is 4.74 Å². The first-order valence-electron chi connectivity index (χ1n) is 8.92. The van der Waals surface area contributed by atoms with Crippen LogP contribution < -0.4 is 4.74 Å². The van der Waals surface area contributed by atoms with Gasteiger partial charge < -0.3 is 9.64 Å². The molecule has 0 saturated carbocycles. The number of Topliss-reactive ketones (excluding diaryl/α,β-unsaturated/α-hetero) is 1. The minimum Gasteiger partial charge on any atom is -0.494 e. The van der Waals surface area contributed by atoms with Crippen LogP contribution in [0.15, 0.2) is 18.2 Å². The molecule has 0 unspecified atom stereocenters. The summed E-state index contributed by atoms with van der Waals surface area (Å²) >= 11 is 0. The lowest BCUT2D eigenvalue weighted by Gasteiger charge is -2.32. The fourth-order valence-corrected chi connectivity index (χ4v) is 3.41. The molecule has 144 valence electrons. The first-order valence-corrected chi connectivity index (χ1v) is 8.92. The number of ketones is 1. The summed E-state index contributed by atoms with van der Waals surface area (Å²) in [6.45, 7) is 4.61. The van der Waals surface area contributed by atoms with Crippen LogP contribution in [0, 0.1) is 25.6 Å². The molecule has 1 amide bonds. The highest BCUT2D eigenvalue weighted by Crippen LogP contribution is 2.24. The average molecular weight is 374 g/mol. The van der Waals surface area contributed by atoms with Crippen molar-refractivity contribution in [3.05, 3.63) is 41.2 Å². The quantitative estimate of drug-likeness (QED) is 0.750. The van der Waals surface area contributed by atoms with Gasteiger partial charge in [-0.25, -0.2) is 14.1 Å². The molecule has 3 rings (SSSR count). The molecule has 1 aromatic heterocycles. The molecule has 1 saturated heterocycles. The zero-order valence-corrected chi connectivity index (χ0v) is 15.7. The van der Waals surface area contributed by atoms with Crippen LogP contribution in [0.5, 0.6) is 5.75 Å². The largest absolute Gasteiger partial charge is 0.494 e. The number of aryl methyl sites for hydroxylation is 2. The Balaban J connectivity index is 1.68. The van der Waals surface area contributed by atoms with E-state index >= 15 is 0 Å². The van der Waals surface area contributed by atoms with Crippen molar-refractivity contribution >= 4 is 11.7 Å². The van der Waals surface area contributed by atoms with Crippen LogP contribution >= 0.6 is 0 Å². The van der Waals surface area contributed by atoms with E-state index in [0.29, 0.717) is 36.7 Å². The van der Waals surface area contributed by atoms with Gasteiger partial charge in [0.25, 0.3) is 0 Å². The van der Waals surface area contributed by atoms with Crippen molar-refractivity contribution in [1.82, 2.24) is 19.7 Å². The molecule has 8 heteroatoms. The number of carbonyl (C=O) groups is 2. The van der Waals surface area contributed by atoms with Crippen molar-refractivity contribution in [2.24, 2.45) is 5.92 Å². The van der Waals surface area contributed by atoms with Gasteiger partial charge in [0.2, 0.25) is 5.91 Å². The molecule has 0 bridgehead atoms. The van der Waals surface area contributed by atoms with Gasteiger partial charge in [0.1, 0.15) is 18.2 Å². The van der Waals surface area contributed by atoms with Crippen LogP contribution in [-0.4, -0.2) is 51.6 Å². The van der Waals surface area contributed by atoms with Crippen LogP contribution in [0.4, 0.5) is 4.39 Å². The van der Waals surface area contributed by atoms with Crippen molar-refractivity contribution in [1.29, 1.82) is 0 Å². The lowest BCUT2D eigenvalue weighted by atomic mass is 9.90. The molecule has 1 aromatic carbocycles. The third-order valence-corrected chi connectivity index (χ3v) is 4.83. The van der Waals surface area contributed by atoms with E-state index in [1.165, 1.54) is 19.2 Å². The van der Waals surface area contributed by atoms with Gasteiger partial charge in [0.15, 0.2) is 17.3 Å². The predicted octanol–water partition coefficient (Wildman–Crippen LogP) is 2.16. The Labute approximate surface area is 157 Å². The topological polar surface area (TPSA) is 77.3 Å². The van der Waals surface area contributed by atoms with E-state index in [-0.39, 0.29) is 29.9 Å². The maximum Gasteiger partial charge on any atom is 0.244 e. The van der Waals surface area contributed by atoms with Crippen molar-refractivity contribution in [3.63, 3.8) is 0 Å². The molecule has 2 aromatic rings. The summed E-state index contributed by atoms with van der Waals surface area (Å²) in [6, 6.07) is 4.21. The minimum atomic E-state index is -0.566. The van der Waals surface area contributed by atoms with Gasteiger partial charge in [0, 0.05) is 24.6 Å². The Kier molecular flexibility index (Phi) is 5.53. The van der Waals surface area contributed by atoms with Crippen LogP contribution in [0.2, 0.25) is 0 Å². The normalized spacial score (nSPS) is 17.0. The molecule has 27 heavy (non-hydrogen) atoms. The molecular weight excluding hydrogens is 351 g/mol. The number of hydrogen-bond acceptors (Lipinski definition) is 5. The Bertz CT molecular complexity index is 865. The zero-order chi connectivity index (χ0) is 19.6. The lowest BCUT2D eigenvalue weighted by Crippen LogP contribution is -2.43. The number of methoxy groups -OCH3 is 1. The first-order chi connectivity index (χ1) is 12.9. The monoisotopic (exact) mass is 374 g/mol. The third kappa shape index (κ3) is 4.15. The molecule has 0 aliphatic carbocycles. The third-order valence-electron chi connectivity index (χ3n) is 4.83. The summed E-state index contributed by atoms with van der Waals surface area (Å²) in [7, 11) is 1.38. The van der Waals surface area contributed by atoms with Gasteiger partial charge in [-0.15, -0.1) is 0 Å². The van der Waals surface area contributed by atoms with Gasteiger partial charge in [-0.2, -0.15) is 5.10 Å². The Morgan fingerprint density at radius 1 is 1.33 bits per heavy atom. The van der Waals surface area contributed by atoms with E-state index in [0.717, 1.165) is 6.42 Å². The number of aromatic nitrogens is 3. The van der Waals surface area contributed by atoms with Gasteiger partial charge in [-0.3, -0.25) is 9.59 Å². The Morgan fingerprint density at radius 3 is 2.74 bits per heavy atom. The number of rotatable bonds is 5. The van der Waals surface area contributed by atoms with Gasteiger partial charge in [0.05, 0.1) is 7.11 Å². The summed E-state index contributed by atoms with van der Waals surface area (Å²) in [5.41, 5.74) is 0.301. The van der Waals surface area contributed by atoms with Crippen LogP contribution in [0.25, 0.3) is 0 Å². The van der Waals surface area contributed by atoms with Crippen LogP contribution in [0.1, 0.15) is 34.8 Å². The minimum absolute atomic E-state index is 0.0959. The van der Waals surface area contributed by atoms with Crippen LogP contribution in [0.3, 0.4) is 0 Å². The molecule has 0 spiro atoms. The second-order valence-corrected chi connectivity index (χ2v) is 6.76.